The van der Waals surface area contributed by atoms with Crippen LogP contribution in [0.1, 0.15) is 23.3 Å². The second kappa shape index (κ2) is 9.00. The van der Waals surface area contributed by atoms with Gasteiger partial charge >= 0.3 is 6.18 Å². The fourth-order valence-corrected chi connectivity index (χ4v) is 2.89. The Hall–Kier alpha value is -3.33. The molecular formula is C21H20F3N3O3. The molecule has 2 N–H and O–H groups in total. The lowest BCUT2D eigenvalue weighted by molar-refractivity contribution is -0.153. The number of para-hydroxylation sites is 1. The molecule has 0 fully saturated rings. The van der Waals surface area contributed by atoms with Crippen molar-refractivity contribution in [3.05, 3.63) is 66.8 Å². The smallest absolute Gasteiger partial charge is 0.422 e. The Morgan fingerprint density at radius 2 is 1.93 bits per heavy atom. The molecule has 0 saturated heterocycles. The molecule has 0 aliphatic heterocycles. The lowest BCUT2D eigenvalue weighted by Gasteiger charge is -2.13. The van der Waals surface area contributed by atoms with Crippen LogP contribution in [-0.2, 0) is 0 Å². The molecule has 6 nitrogen and oxygen atoms in total. The molecule has 3 rings (SSSR count). The van der Waals surface area contributed by atoms with Gasteiger partial charge in [-0.05, 0) is 31.0 Å². The molecule has 0 aliphatic rings. The van der Waals surface area contributed by atoms with Gasteiger partial charge < -0.3 is 19.6 Å². The van der Waals surface area contributed by atoms with Gasteiger partial charge in [-0.15, -0.1) is 0 Å². The standard InChI is InChI=1S/C21H20F3N3O3/c1-14(6-5-11-28)25-20(29)17-12-27-10-4-8-16(19(27)26-17)15-7-2-3-9-18(15)30-13-21(22,23)24/h2-4,7-10,12,28H,1,5-6,11,13H2,(H,25,29). The quantitative estimate of drug-likeness (QED) is 0.580. The maximum atomic E-state index is 12.6. The Bertz CT molecular complexity index is 1060. The zero-order valence-electron chi connectivity index (χ0n) is 15.9. The number of benzene rings is 1. The summed E-state index contributed by atoms with van der Waals surface area (Å²) in [6, 6.07) is 9.74. The number of carbonyl (C=O) groups is 1. The van der Waals surface area contributed by atoms with Crippen LogP contribution < -0.4 is 10.1 Å². The fraction of sp³-hybridized carbons (Fsp3) is 0.238. The lowest BCUT2D eigenvalue weighted by atomic mass is 10.1. The van der Waals surface area contributed by atoms with E-state index >= 15 is 0 Å². The number of nitrogens with one attached hydrogen (secondary N) is 1. The monoisotopic (exact) mass is 419 g/mol. The van der Waals surface area contributed by atoms with Crippen molar-refractivity contribution < 1.29 is 27.8 Å². The van der Waals surface area contributed by atoms with E-state index in [4.69, 9.17) is 9.84 Å². The minimum absolute atomic E-state index is 0.0115. The van der Waals surface area contributed by atoms with Crippen LogP contribution in [0.15, 0.2) is 61.1 Å². The van der Waals surface area contributed by atoms with Crippen LogP contribution >= 0.6 is 0 Å². The highest BCUT2D eigenvalue weighted by Crippen LogP contribution is 2.33. The second-order valence-corrected chi connectivity index (χ2v) is 6.56. The van der Waals surface area contributed by atoms with Crippen LogP contribution in [0, 0.1) is 0 Å². The van der Waals surface area contributed by atoms with Gasteiger partial charge in [0.2, 0.25) is 0 Å². The van der Waals surface area contributed by atoms with Gasteiger partial charge in [0.1, 0.15) is 17.1 Å². The molecule has 2 heterocycles. The Balaban J connectivity index is 1.92. The molecule has 1 amide bonds. The molecule has 0 spiro atoms. The van der Waals surface area contributed by atoms with Crippen molar-refractivity contribution in [2.45, 2.75) is 19.0 Å². The number of aliphatic hydroxyl groups is 1. The molecule has 0 radical (unpaired) electrons. The molecule has 158 valence electrons. The number of aromatic nitrogens is 2. The number of hydrogen-bond acceptors (Lipinski definition) is 4. The highest BCUT2D eigenvalue weighted by Gasteiger charge is 2.29. The number of pyridine rings is 1. The average Bonchev–Trinajstić information content (AvgIpc) is 3.15. The van der Waals surface area contributed by atoms with Crippen LogP contribution in [-0.4, -0.2) is 39.8 Å². The average molecular weight is 419 g/mol. The first-order chi connectivity index (χ1) is 14.3. The Morgan fingerprint density at radius 1 is 1.20 bits per heavy atom. The molecule has 0 bridgehead atoms. The summed E-state index contributed by atoms with van der Waals surface area (Å²) < 4.78 is 44.4. The highest BCUT2D eigenvalue weighted by atomic mass is 19.4. The van der Waals surface area contributed by atoms with Gasteiger partial charge in [0, 0.05) is 35.8 Å². The van der Waals surface area contributed by atoms with Crippen LogP contribution in [0.2, 0.25) is 0 Å². The number of aliphatic hydroxyl groups excluding tert-OH is 1. The predicted octanol–water partition coefficient (Wildman–Crippen LogP) is 3.96. The van der Waals surface area contributed by atoms with E-state index in [0.717, 1.165) is 0 Å². The van der Waals surface area contributed by atoms with E-state index in [1.54, 1.807) is 40.9 Å². The van der Waals surface area contributed by atoms with Gasteiger partial charge in [-0.3, -0.25) is 4.79 Å². The number of halogens is 3. The van der Waals surface area contributed by atoms with Gasteiger partial charge in [-0.25, -0.2) is 4.98 Å². The number of fused-ring (bicyclic) bond motifs is 1. The molecular weight excluding hydrogens is 399 g/mol. The van der Waals surface area contributed by atoms with Crippen LogP contribution in [0.4, 0.5) is 13.2 Å². The minimum Gasteiger partial charge on any atom is -0.483 e. The van der Waals surface area contributed by atoms with Gasteiger partial charge in [0.15, 0.2) is 6.61 Å². The number of rotatable bonds is 8. The van der Waals surface area contributed by atoms with Crippen molar-refractivity contribution in [1.82, 2.24) is 14.7 Å². The molecule has 2 aromatic heterocycles. The normalized spacial score (nSPS) is 11.5. The number of amides is 1. The number of allylic oxidation sites excluding steroid dienone is 1. The Morgan fingerprint density at radius 3 is 2.67 bits per heavy atom. The van der Waals surface area contributed by atoms with E-state index in [1.165, 1.54) is 12.3 Å². The van der Waals surface area contributed by atoms with Crippen LogP contribution in [0.25, 0.3) is 16.8 Å². The summed E-state index contributed by atoms with van der Waals surface area (Å²) in [4.78, 5) is 16.8. The molecule has 1 aromatic carbocycles. The molecule has 9 heteroatoms. The van der Waals surface area contributed by atoms with Crippen LogP contribution in [0.3, 0.4) is 0 Å². The molecule has 0 saturated carbocycles. The number of ether oxygens (including phenoxy) is 1. The zero-order chi connectivity index (χ0) is 21.7. The van der Waals surface area contributed by atoms with E-state index in [1.807, 2.05) is 0 Å². The van der Waals surface area contributed by atoms with Crippen LogP contribution in [0.5, 0.6) is 5.75 Å². The van der Waals surface area contributed by atoms with Crippen molar-refractivity contribution in [1.29, 1.82) is 0 Å². The van der Waals surface area contributed by atoms with Crippen molar-refractivity contribution in [2.24, 2.45) is 0 Å². The summed E-state index contributed by atoms with van der Waals surface area (Å²) in [6.07, 6.45) is -0.348. The van der Waals surface area contributed by atoms with E-state index < -0.39 is 18.7 Å². The SMILES string of the molecule is C=C(CCCO)NC(=O)c1cn2cccc(-c3ccccc3OCC(F)(F)F)c2n1. The maximum Gasteiger partial charge on any atom is 0.422 e. The second-order valence-electron chi connectivity index (χ2n) is 6.56. The maximum absolute atomic E-state index is 12.6. The topological polar surface area (TPSA) is 75.9 Å². The number of carbonyl (C=O) groups excluding carboxylic acids is 1. The van der Waals surface area contributed by atoms with E-state index in [-0.39, 0.29) is 18.1 Å². The van der Waals surface area contributed by atoms with Gasteiger partial charge in [-0.2, -0.15) is 13.2 Å². The Labute approximate surface area is 170 Å². The summed E-state index contributed by atoms with van der Waals surface area (Å²) in [5.41, 5.74) is 1.93. The molecule has 3 aromatic rings. The fourth-order valence-electron chi connectivity index (χ4n) is 2.89. The third kappa shape index (κ3) is 5.18. The molecule has 0 unspecified atom stereocenters. The van der Waals surface area contributed by atoms with Crippen molar-refractivity contribution in [3.8, 4) is 16.9 Å². The molecule has 30 heavy (non-hydrogen) atoms. The Kier molecular flexibility index (Phi) is 6.41. The first-order valence-corrected chi connectivity index (χ1v) is 9.15. The number of hydrogen-bond donors (Lipinski definition) is 2. The third-order valence-corrected chi connectivity index (χ3v) is 4.21. The third-order valence-electron chi connectivity index (χ3n) is 4.21. The predicted molar refractivity (Wildman–Crippen MR) is 105 cm³/mol. The summed E-state index contributed by atoms with van der Waals surface area (Å²) in [6.45, 7) is 2.32. The first kappa shape index (κ1) is 21.4. The first-order valence-electron chi connectivity index (χ1n) is 9.15. The van der Waals surface area contributed by atoms with E-state index in [9.17, 15) is 18.0 Å². The summed E-state index contributed by atoms with van der Waals surface area (Å²) >= 11 is 0. The lowest BCUT2D eigenvalue weighted by Crippen LogP contribution is -2.22. The number of imidazole rings is 1. The van der Waals surface area contributed by atoms with E-state index in [2.05, 4.69) is 16.9 Å². The van der Waals surface area contributed by atoms with Gasteiger partial charge in [-0.1, -0.05) is 24.8 Å². The van der Waals surface area contributed by atoms with Crippen molar-refractivity contribution in [3.63, 3.8) is 0 Å². The van der Waals surface area contributed by atoms with Crippen molar-refractivity contribution >= 4 is 11.6 Å². The number of nitrogens with zero attached hydrogens (tertiary/aromatic N) is 2. The van der Waals surface area contributed by atoms with E-state index in [0.29, 0.717) is 35.3 Å². The molecule has 0 atom stereocenters. The zero-order valence-corrected chi connectivity index (χ0v) is 15.9. The summed E-state index contributed by atoms with van der Waals surface area (Å²) in [5, 5.41) is 11.5. The summed E-state index contributed by atoms with van der Waals surface area (Å²) in [5.74, 6) is -0.400. The molecule has 0 aliphatic carbocycles. The van der Waals surface area contributed by atoms with Crippen molar-refractivity contribution in [2.75, 3.05) is 13.2 Å². The highest BCUT2D eigenvalue weighted by molar-refractivity contribution is 5.95. The van der Waals surface area contributed by atoms with Gasteiger partial charge in [0.05, 0.1) is 0 Å². The number of alkyl halides is 3. The van der Waals surface area contributed by atoms with Gasteiger partial charge in [0.25, 0.3) is 5.91 Å². The summed E-state index contributed by atoms with van der Waals surface area (Å²) in [7, 11) is 0. The largest absolute Gasteiger partial charge is 0.483 e. The minimum atomic E-state index is -4.46.